The van der Waals surface area contributed by atoms with Crippen LogP contribution in [0.5, 0.6) is 0 Å². The molecule has 0 aromatic rings. The summed E-state index contributed by atoms with van der Waals surface area (Å²) in [6, 6.07) is 0. The minimum atomic E-state index is -0.0160. The molecule has 1 N–H and O–H groups in total. The molecule has 0 saturated heterocycles. The fourth-order valence-electron chi connectivity index (χ4n) is 8.04. The molecule has 4 rings (SSSR count). The molecule has 1 heteroatoms. The number of fused-ring (bicyclic) bond motifs is 5. The third-order valence-electron chi connectivity index (χ3n) is 9.23. The lowest BCUT2D eigenvalue weighted by atomic mass is 9.44. The summed E-state index contributed by atoms with van der Waals surface area (Å²) in [5.41, 5.74) is 2.49. The standard InChI is InChI=1S/C22H36O.2C2H6/c1-14(2)18-7-8-19-17-6-5-15-13-16(23)9-11-21(15,3)20(17)10-12-22(18,19)4;2*1-2/h15-20,23H,1,5-13H2,2-4H3;2*1-2H3. The smallest absolute Gasteiger partial charge is 0.0543 e. The fourth-order valence-corrected chi connectivity index (χ4v) is 8.04. The molecule has 0 aliphatic heterocycles. The second kappa shape index (κ2) is 9.02. The van der Waals surface area contributed by atoms with Gasteiger partial charge in [0.2, 0.25) is 0 Å². The Bertz CT molecular complexity index is 496. The Morgan fingerprint density at radius 1 is 0.815 bits per heavy atom. The number of hydrogen-bond acceptors (Lipinski definition) is 1. The number of allylic oxidation sites excluding steroid dienone is 1. The summed E-state index contributed by atoms with van der Waals surface area (Å²) in [5.74, 6) is 4.38. The van der Waals surface area contributed by atoms with Gasteiger partial charge in [0.25, 0.3) is 0 Å². The molecule has 0 aromatic carbocycles. The molecule has 0 heterocycles. The topological polar surface area (TPSA) is 20.2 Å². The SMILES string of the molecule is C=C(C)C1CCC2C3CCC4CC(O)CCC4(C)C3CCC12C.CC.CC. The summed E-state index contributed by atoms with van der Waals surface area (Å²) in [7, 11) is 0. The molecule has 0 aromatic heterocycles. The first kappa shape index (κ1) is 23.0. The number of hydrogen-bond donors (Lipinski definition) is 1. The van der Waals surface area contributed by atoms with Crippen LogP contribution in [0, 0.1) is 40.4 Å². The molecule has 0 amide bonds. The van der Waals surface area contributed by atoms with Gasteiger partial charge in [-0.25, -0.2) is 0 Å². The van der Waals surface area contributed by atoms with Crippen LogP contribution in [0.1, 0.15) is 106 Å². The van der Waals surface area contributed by atoms with E-state index in [1.54, 1.807) is 0 Å². The molecule has 27 heavy (non-hydrogen) atoms. The predicted octanol–water partition coefficient (Wildman–Crippen LogP) is 7.63. The van der Waals surface area contributed by atoms with E-state index in [1.165, 1.54) is 50.5 Å². The van der Waals surface area contributed by atoms with Crippen molar-refractivity contribution in [2.45, 2.75) is 112 Å². The van der Waals surface area contributed by atoms with Gasteiger partial charge in [-0.15, -0.1) is 0 Å². The minimum Gasteiger partial charge on any atom is -0.393 e. The maximum absolute atomic E-state index is 10.1. The van der Waals surface area contributed by atoms with Crippen molar-refractivity contribution in [3.63, 3.8) is 0 Å². The van der Waals surface area contributed by atoms with Gasteiger partial charge in [-0.3, -0.25) is 0 Å². The highest BCUT2D eigenvalue weighted by molar-refractivity contribution is 5.15. The number of rotatable bonds is 1. The van der Waals surface area contributed by atoms with Gasteiger partial charge in [-0.2, -0.15) is 0 Å². The summed E-state index contributed by atoms with van der Waals surface area (Å²) in [6.45, 7) is 19.8. The summed E-state index contributed by atoms with van der Waals surface area (Å²) in [5, 5.41) is 10.1. The van der Waals surface area contributed by atoms with E-state index in [9.17, 15) is 5.11 Å². The van der Waals surface area contributed by atoms with Gasteiger partial charge in [0.05, 0.1) is 6.10 Å². The molecule has 4 aliphatic carbocycles. The zero-order chi connectivity index (χ0) is 20.4. The first-order valence-corrected chi connectivity index (χ1v) is 12.2. The maximum atomic E-state index is 10.1. The summed E-state index contributed by atoms with van der Waals surface area (Å²) < 4.78 is 0. The van der Waals surface area contributed by atoms with Gasteiger partial charge < -0.3 is 5.11 Å². The van der Waals surface area contributed by atoms with Crippen LogP contribution in [0.25, 0.3) is 0 Å². The highest BCUT2D eigenvalue weighted by atomic mass is 16.3. The molecule has 4 aliphatic rings. The third-order valence-corrected chi connectivity index (χ3v) is 9.23. The highest BCUT2D eigenvalue weighted by Crippen LogP contribution is 2.68. The Kier molecular flexibility index (Phi) is 7.68. The van der Waals surface area contributed by atoms with Gasteiger partial charge in [0.15, 0.2) is 0 Å². The summed E-state index contributed by atoms with van der Waals surface area (Å²) in [4.78, 5) is 0. The third kappa shape index (κ3) is 3.79. The van der Waals surface area contributed by atoms with Crippen molar-refractivity contribution in [1.29, 1.82) is 0 Å². The van der Waals surface area contributed by atoms with E-state index in [0.29, 0.717) is 10.8 Å². The average molecular weight is 377 g/mol. The molecule has 8 unspecified atom stereocenters. The fraction of sp³-hybridized carbons (Fsp3) is 0.923. The van der Waals surface area contributed by atoms with E-state index in [0.717, 1.165) is 42.4 Å². The monoisotopic (exact) mass is 376 g/mol. The molecule has 1 nitrogen and oxygen atoms in total. The zero-order valence-corrected chi connectivity index (χ0v) is 19.5. The second-order valence-electron chi connectivity index (χ2n) is 10.1. The van der Waals surface area contributed by atoms with Crippen molar-refractivity contribution in [2.75, 3.05) is 0 Å². The molecule has 4 fully saturated rings. The van der Waals surface area contributed by atoms with Crippen LogP contribution in [-0.4, -0.2) is 11.2 Å². The first-order valence-electron chi connectivity index (χ1n) is 12.2. The molecule has 158 valence electrons. The van der Waals surface area contributed by atoms with E-state index in [4.69, 9.17) is 0 Å². The maximum Gasteiger partial charge on any atom is 0.0543 e. The van der Waals surface area contributed by atoms with Crippen molar-refractivity contribution in [1.82, 2.24) is 0 Å². The lowest BCUT2D eigenvalue weighted by molar-refractivity contribution is -0.124. The Hall–Kier alpha value is -0.300. The van der Waals surface area contributed by atoms with E-state index in [-0.39, 0.29) is 6.10 Å². The largest absolute Gasteiger partial charge is 0.393 e. The van der Waals surface area contributed by atoms with Crippen molar-refractivity contribution >= 4 is 0 Å². The van der Waals surface area contributed by atoms with Gasteiger partial charge >= 0.3 is 0 Å². The summed E-state index contributed by atoms with van der Waals surface area (Å²) >= 11 is 0. The second-order valence-corrected chi connectivity index (χ2v) is 10.1. The van der Waals surface area contributed by atoms with Gasteiger partial charge in [-0.05, 0) is 105 Å². The Morgan fingerprint density at radius 3 is 2.04 bits per heavy atom. The van der Waals surface area contributed by atoms with Crippen LogP contribution < -0.4 is 0 Å². The van der Waals surface area contributed by atoms with E-state index >= 15 is 0 Å². The van der Waals surface area contributed by atoms with Crippen LogP contribution in [0.4, 0.5) is 0 Å². The van der Waals surface area contributed by atoms with Gasteiger partial charge in [0.1, 0.15) is 0 Å². The Morgan fingerprint density at radius 2 is 1.41 bits per heavy atom. The van der Waals surface area contributed by atoms with Crippen LogP contribution in [0.2, 0.25) is 0 Å². The van der Waals surface area contributed by atoms with Crippen LogP contribution in [0.3, 0.4) is 0 Å². The van der Waals surface area contributed by atoms with E-state index in [2.05, 4.69) is 27.4 Å². The van der Waals surface area contributed by atoms with Crippen LogP contribution >= 0.6 is 0 Å². The Balaban J connectivity index is 0.000000614. The van der Waals surface area contributed by atoms with Crippen molar-refractivity contribution in [3.05, 3.63) is 12.2 Å². The number of aliphatic hydroxyl groups is 1. The van der Waals surface area contributed by atoms with Crippen molar-refractivity contribution in [2.24, 2.45) is 40.4 Å². The van der Waals surface area contributed by atoms with Gasteiger partial charge in [-0.1, -0.05) is 53.7 Å². The zero-order valence-electron chi connectivity index (χ0n) is 19.5. The normalized spacial score (nSPS) is 47.9. The molecule has 8 atom stereocenters. The minimum absolute atomic E-state index is 0.0160. The summed E-state index contributed by atoms with van der Waals surface area (Å²) in [6.07, 6.45) is 11.9. The van der Waals surface area contributed by atoms with Crippen molar-refractivity contribution < 1.29 is 5.11 Å². The molecular formula is C26H48O. The molecule has 4 saturated carbocycles. The molecule has 0 bridgehead atoms. The quantitative estimate of drug-likeness (QED) is 0.466. The Labute approximate surface area is 170 Å². The van der Waals surface area contributed by atoms with Gasteiger partial charge in [0, 0.05) is 0 Å². The number of aliphatic hydroxyl groups excluding tert-OH is 1. The lowest BCUT2D eigenvalue weighted by Gasteiger charge is -2.61. The first-order chi connectivity index (χ1) is 12.9. The van der Waals surface area contributed by atoms with E-state index in [1.807, 2.05) is 27.7 Å². The van der Waals surface area contributed by atoms with E-state index < -0.39 is 0 Å². The lowest BCUT2D eigenvalue weighted by Crippen LogP contribution is -2.53. The molecule has 0 radical (unpaired) electrons. The van der Waals surface area contributed by atoms with Crippen LogP contribution in [0.15, 0.2) is 12.2 Å². The predicted molar refractivity (Wildman–Crippen MR) is 119 cm³/mol. The molecular weight excluding hydrogens is 328 g/mol. The van der Waals surface area contributed by atoms with Crippen molar-refractivity contribution in [3.8, 4) is 0 Å². The molecule has 0 spiro atoms. The highest BCUT2D eigenvalue weighted by Gasteiger charge is 2.60. The average Bonchev–Trinajstić information content (AvgIpc) is 3.03. The van der Waals surface area contributed by atoms with Crippen LogP contribution in [-0.2, 0) is 0 Å².